The molecule has 2 heteroatoms. The monoisotopic (exact) mass is 807 g/mol. The van der Waals surface area contributed by atoms with Gasteiger partial charge in [-0.05, 0) is 320 Å². The van der Waals surface area contributed by atoms with E-state index in [-0.39, 0.29) is 11.5 Å². The fourth-order valence-corrected chi connectivity index (χ4v) is 25.3. The van der Waals surface area contributed by atoms with Crippen LogP contribution in [0.5, 0.6) is 0 Å². The molecule has 28 aromatic rings. The summed E-state index contributed by atoms with van der Waals surface area (Å²) >= 11 is 0. The van der Waals surface area contributed by atoms with E-state index in [2.05, 4.69) is 12.2 Å². The molecular formula is C64H9NO. The average molecular weight is 808 g/mol. The van der Waals surface area contributed by atoms with Crippen molar-refractivity contribution in [1.29, 1.82) is 0 Å². The van der Waals surface area contributed by atoms with Gasteiger partial charge in [0.25, 0.3) is 0 Å². The highest BCUT2D eigenvalue weighted by molar-refractivity contribution is 6.82. The van der Waals surface area contributed by atoms with E-state index in [1.165, 1.54) is 0 Å². The predicted molar refractivity (Wildman–Crippen MR) is 277 cm³/mol. The van der Waals surface area contributed by atoms with Crippen molar-refractivity contribution in [2.75, 3.05) is 6.54 Å². The van der Waals surface area contributed by atoms with Crippen molar-refractivity contribution in [1.82, 2.24) is 5.32 Å². The van der Waals surface area contributed by atoms with E-state index in [1.807, 2.05) is 0 Å². The molecule has 2 nitrogen and oxygen atoms in total. The molecule has 33 rings (SSSR count). The fourth-order valence-electron chi connectivity index (χ4n) is 25.3. The normalized spacial score (nSPS) is 24.9. The molecule has 276 valence electrons. The minimum atomic E-state index is -0.520. The van der Waals surface area contributed by atoms with Gasteiger partial charge in [0.05, 0.1) is 16.9 Å². The fraction of sp³-hybridized carbons (Fsp3) is 0.0938. The molecule has 0 saturated carbocycles. The third kappa shape index (κ3) is 1.19. The Morgan fingerprint density at radius 1 is 0.273 bits per heavy atom. The second-order valence-corrected chi connectivity index (χ2v) is 25.1. The lowest BCUT2D eigenvalue weighted by Gasteiger charge is -2.52. The molecule has 0 aromatic heterocycles. The Morgan fingerprint density at radius 3 is 0.591 bits per heavy atom. The third-order valence-electron chi connectivity index (χ3n) is 25.1. The van der Waals surface area contributed by atoms with Gasteiger partial charge in [0, 0.05) is 12.6 Å². The molecule has 5 aliphatic rings. The maximum atomic E-state index is 12.8. The van der Waals surface area contributed by atoms with Crippen LogP contribution >= 0.6 is 0 Å². The van der Waals surface area contributed by atoms with Gasteiger partial charge in [-0.2, -0.15) is 0 Å². The molecule has 0 bridgehead atoms. The van der Waals surface area contributed by atoms with Gasteiger partial charge in [-0.3, -0.25) is 0 Å². The van der Waals surface area contributed by atoms with E-state index in [0.29, 0.717) is 0 Å². The summed E-state index contributed by atoms with van der Waals surface area (Å²) in [4.78, 5) is 0. The maximum absolute atomic E-state index is 12.8. The third-order valence-corrected chi connectivity index (χ3v) is 25.1. The smallest absolute Gasteiger partial charge is 0.0677 e. The van der Waals surface area contributed by atoms with Crippen molar-refractivity contribution in [3.05, 3.63) is 22.3 Å². The lowest BCUT2D eigenvalue weighted by Crippen LogP contribution is -2.57. The molecule has 28 aromatic carbocycles. The predicted octanol–water partition coefficient (Wildman–Crippen LogP) is 15.6. The van der Waals surface area contributed by atoms with Gasteiger partial charge in [0.2, 0.25) is 0 Å². The van der Waals surface area contributed by atoms with Crippen LogP contribution in [0.15, 0.2) is 0 Å². The Hall–Kier alpha value is -7.62. The minimum Gasteiger partial charge on any atom is -0.392 e. The van der Waals surface area contributed by atoms with Crippen molar-refractivity contribution in [2.24, 2.45) is 0 Å². The summed E-state index contributed by atoms with van der Waals surface area (Å²) in [6.07, 6.45) is -0.520. The largest absolute Gasteiger partial charge is 0.392 e. The Morgan fingerprint density at radius 2 is 0.424 bits per heavy atom. The summed E-state index contributed by atoms with van der Waals surface area (Å²) < 4.78 is 0. The SMILES string of the molecule is CC(O)C1NCC23c4c5c6c7c8c9c(c%10c%11c2c2c4c4c%12c5c5c6c6c8c8c%13c9c9c%10c%10c%11c%11c2c2c4c4c%12c%12c5c5c6c8c6c8c%13c9c9c%10c%10c%11c2c2c4c4c%12c5c6c5c8c9c%10c2c45)C713. The highest BCUT2D eigenvalue weighted by Crippen LogP contribution is 2.85. The molecule has 1 saturated heterocycles. The van der Waals surface area contributed by atoms with Crippen molar-refractivity contribution < 1.29 is 5.11 Å². The van der Waals surface area contributed by atoms with E-state index in [0.717, 1.165) is 6.54 Å². The molecule has 4 aliphatic carbocycles. The molecule has 1 aliphatic heterocycles. The van der Waals surface area contributed by atoms with Gasteiger partial charge in [0.1, 0.15) is 0 Å². The summed E-state index contributed by atoms with van der Waals surface area (Å²) in [6, 6.07) is -0.103. The lowest BCUT2D eigenvalue weighted by atomic mass is 9.48. The van der Waals surface area contributed by atoms with E-state index < -0.39 is 11.5 Å². The maximum Gasteiger partial charge on any atom is 0.0677 e. The molecule has 2 atom stereocenters. The second kappa shape index (κ2) is 5.25. The number of nitrogens with one attached hydrogen (secondary N) is 1. The lowest BCUT2D eigenvalue weighted by molar-refractivity contribution is 0.124. The summed E-state index contributed by atoms with van der Waals surface area (Å²) in [5.41, 5.74) is 5.93. The van der Waals surface area contributed by atoms with Crippen molar-refractivity contribution in [3.8, 4) is 0 Å². The summed E-state index contributed by atoms with van der Waals surface area (Å²) in [5, 5.41) is 105. The van der Waals surface area contributed by atoms with E-state index in [1.54, 1.807) is 313 Å². The summed E-state index contributed by atoms with van der Waals surface area (Å²) in [7, 11) is 0. The number of hydrogen-bond acceptors (Lipinski definition) is 2. The van der Waals surface area contributed by atoms with E-state index in [9.17, 15) is 5.11 Å². The standard InChI is InChI=1S/C64H9NO/c1-3(66)62-64-60-54-48-38-26-18-10-6-4-5-8-12(10)20(26)30-24-16(8)17-9(5)13-11-7(4)15-14(6)22-28(18)36-42-32(22)33-23(15)29-19(11)27-21(13)31-25(17)35-34(24)46(40(30)48)56(60)57-47(35)41(31)49-39(27)45-37(29)43(33)51-50(42)58(52(54)44(36)38)63(64,2-65-62)59(51)53(45)55(49)61(57)64/h3,62,65-66H,2H2,1H3. The van der Waals surface area contributed by atoms with Crippen molar-refractivity contribution in [2.45, 2.75) is 29.9 Å². The number of rotatable bonds is 1. The van der Waals surface area contributed by atoms with Crippen LogP contribution in [0.25, 0.3) is 291 Å². The zero-order chi connectivity index (χ0) is 39.1. The molecular weight excluding hydrogens is 799 g/mol. The molecule has 0 radical (unpaired) electrons. The highest BCUT2D eigenvalue weighted by atomic mass is 16.3. The molecule has 0 amide bonds. The van der Waals surface area contributed by atoms with E-state index >= 15 is 0 Å². The number of aliphatic hydroxyl groups excluding tert-OH is 1. The van der Waals surface area contributed by atoms with Crippen molar-refractivity contribution >= 4 is 291 Å². The first-order valence-corrected chi connectivity index (χ1v) is 25.0. The Labute approximate surface area is 358 Å². The number of benzene rings is 18. The van der Waals surface area contributed by atoms with Crippen LogP contribution in [0.2, 0.25) is 0 Å². The van der Waals surface area contributed by atoms with Gasteiger partial charge in [0.15, 0.2) is 0 Å². The van der Waals surface area contributed by atoms with E-state index in [4.69, 9.17) is 0 Å². The van der Waals surface area contributed by atoms with Crippen LogP contribution in [0.1, 0.15) is 29.2 Å². The van der Waals surface area contributed by atoms with Crippen LogP contribution < -0.4 is 5.32 Å². The topological polar surface area (TPSA) is 32.3 Å². The van der Waals surface area contributed by atoms with Gasteiger partial charge in [-0.15, -0.1) is 0 Å². The van der Waals surface area contributed by atoms with Crippen LogP contribution in [0.3, 0.4) is 0 Å². The van der Waals surface area contributed by atoms with Crippen molar-refractivity contribution in [3.63, 3.8) is 0 Å². The number of aliphatic hydroxyl groups is 1. The van der Waals surface area contributed by atoms with Crippen LogP contribution in [0, 0.1) is 0 Å². The first-order valence-electron chi connectivity index (χ1n) is 25.0. The molecule has 2 N–H and O–H groups in total. The zero-order valence-corrected chi connectivity index (χ0v) is 33.8. The summed E-state index contributed by atoms with van der Waals surface area (Å²) in [5.74, 6) is 0. The average Bonchev–Trinajstić information content (AvgIpc) is 4.15. The molecule has 66 heavy (non-hydrogen) atoms. The van der Waals surface area contributed by atoms with Gasteiger partial charge < -0.3 is 10.4 Å². The first kappa shape index (κ1) is 24.1. The summed E-state index contributed by atoms with van der Waals surface area (Å²) in [6.45, 7) is 3.04. The Bertz CT molecular complexity index is 6840. The minimum absolute atomic E-state index is 0.103. The molecule has 2 unspecified atom stereocenters. The molecule has 1 fully saturated rings. The first-order chi connectivity index (χ1) is 32.8. The zero-order valence-electron chi connectivity index (χ0n) is 33.8. The Balaban J connectivity index is 1.26. The van der Waals surface area contributed by atoms with Crippen LogP contribution in [0.4, 0.5) is 0 Å². The van der Waals surface area contributed by atoms with Gasteiger partial charge in [-0.1, -0.05) is 0 Å². The van der Waals surface area contributed by atoms with Crippen LogP contribution in [-0.2, 0) is 10.8 Å². The molecule has 2 spiro atoms. The number of hydrogen-bond donors (Lipinski definition) is 2. The van der Waals surface area contributed by atoms with Gasteiger partial charge in [-0.25, -0.2) is 0 Å². The van der Waals surface area contributed by atoms with Crippen LogP contribution in [-0.4, -0.2) is 23.8 Å². The van der Waals surface area contributed by atoms with Gasteiger partial charge >= 0.3 is 0 Å². The quantitative estimate of drug-likeness (QED) is 0.162. The Kier molecular flexibility index (Phi) is 1.91. The molecule has 1 heterocycles. The highest BCUT2D eigenvalue weighted by Gasteiger charge is 2.75. The second-order valence-electron chi connectivity index (χ2n) is 25.1.